The number of H-pyrrole nitrogens is 1. The summed E-state index contributed by atoms with van der Waals surface area (Å²) in [6, 6.07) is 19.4. The fourth-order valence-electron chi connectivity index (χ4n) is 1.91. The number of aromatic nitrogens is 1. The van der Waals surface area contributed by atoms with Crippen molar-refractivity contribution in [2.45, 2.75) is 6.61 Å². The Balaban J connectivity index is 1.76. The van der Waals surface area contributed by atoms with Gasteiger partial charge in [0.15, 0.2) is 0 Å². The van der Waals surface area contributed by atoms with Gasteiger partial charge in [-0.1, -0.05) is 54.0 Å². The summed E-state index contributed by atoms with van der Waals surface area (Å²) in [5.41, 5.74) is 2.05. The highest BCUT2D eigenvalue weighted by Gasteiger charge is 2.03. The van der Waals surface area contributed by atoms with Crippen LogP contribution in [0.15, 0.2) is 65.5 Å². The molecule has 3 rings (SSSR count). The highest BCUT2D eigenvalue weighted by atomic mass is 32.1. The minimum absolute atomic E-state index is 0.0689. The fraction of sp³-hybridized carbons (Fsp3) is 0.0625. The minimum Gasteiger partial charge on any atom is -0.489 e. The summed E-state index contributed by atoms with van der Waals surface area (Å²) in [5.74, 6) is 0.798. The molecule has 1 heterocycles. The molecule has 0 unspecified atom stereocenters. The van der Waals surface area contributed by atoms with Crippen molar-refractivity contribution >= 4 is 11.5 Å². The van der Waals surface area contributed by atoms with E-state index in [1.54, 1.807) is 6.07 Å². The minimum atomic E-state index is -0.0689. The molecule has 0 saturated heterocycles. The molecule has 100 valence electrons. The van der Waals surface area contributed by atoms with Crippen molar-refractivity contribution in [2.24, 2.45) is 0 Å². The van der Waals surface area contributed by atoms with E-state index in [0.29, 0.717) is 6.61 Å². The van der Waals surface area contributed by atoms with E-state index >= 15 is 0 Å². The molecule has 2 aromatic carbocycles. The lowest BCUT2D eigenvalue weighted by molar-refractivity contribution is 0.306. The molecule has 1 aromatic heterocycles. The maximum atomic E-state index is 11.2. The highest BCUT2D eigenvalue weighted by molar-refractivity contribution is 7.09. The summed E-state index contributed by atoms with van der Waals surface area (Å²) in [7, 11) is 0. The highest BCUT2D eigenvalue weighted by Crippen LogP contribution is 2.25. The molecule has 20 heavy (non-hydrogen) atoms. The van der Waals surface area contributed by atoms with Gasteiger partial charge < -0.3 is 4.74 Å². The van der Waals surface area contributed by atoms with E-state index in [0.717, 1.165) is 21.8 Å². The lowest BCUT2D eigenvalue weighted by atomic mass is 10.2. The van der Waals surface area contributed by atoms with Crippen LogP contribution in [0, 0.1) is 0 Å². The van der Waals surface area contributed by atoms with E-state index in [9.17, 15) is 4.79 Å². The van der Waals surface area contributed by atoms with Crippen molar-refractivity contribution in [3.63, 3.8) is 0 Å². The molecule has 0 fully saturated rings. The molecule has 3 nitrogen and oxygen atoms in total. The van der Waals surface area contributed by atoms with Crippen LogP contribution in [-0.4, -0.2) is 4.37 Å². The second-order valence-corrected chi connectivity index (χ2v) is 5.23. The largest absolute Gasteiger partial charge is 0.489 e. The maximum absolute atomic E-state index is 11.2. The SMILES string of the molecule is O=c1cc(-c2cccc(OCc3ccccc3)c2)s[nH]1. The summed E-state index contributed by atoms with van der Waals surface area (Å²) in [4.78, 5) is 12.1. The standard InChI is InChI=1S/C16H13NO2S/c18-16-10-15(20-17-16)13-7-4-8-14(9-13)19-11-12-5-2-1-3-6-12/h1-10H,11H2,(H,17,18). The normalized spacial score (nSPS) is 10.4. The summed E-state index contributed by atoms with van der Waals surface area (Å²) in [5, 5.41) is 0. The van der Waals surface area contributed by atoms with Crippen LogP contribution in [0.3, 0.4) is 0 Å². The quantitative estimate of drug-likeness (QED) is 0.793. The van der Waals surface area contributed by atoms with Gasteiger partial charge in [-0.15, -0.1) is 0 Å². The van der Waals surface area contributed by atoms with Crippen LogP contribution >= 0.6 is 11.5 Å². The molecule has 0 saturated carbocycles. The van der Waals surface area contributed by atoms with Gasteiger partial charge >= 0.3 is 0 Å². The molecule has 0 amide bonds. The van der Waals surface area contributed by atoms with Gasteiger partial charge in [0.2, 0.25) is 0 Å². The molecule has 0 spiro atoms. The number of aromatic amines is 1. The summed E-state index contributed by atoms with van der Waals surface area (Å²) in [6.45, 7) is 0.535. The van der Waals surface area contributed by atoms with Crippen molar-refractivity contribution in [1.29, 1.82) is 0 Å². The number of hydrogen-bond donors (Lipinski definition) is 1. The fourth-order valence-corrected chi connectivity index (χ4v) is 2.59. The van der Waals surface area contributed by atoms with E-state index in [1.807, 2.05) is 54.6 Å². The predicted molar refractivity (Wildman–Crippen MR) is 81.1 cm³/mol. The third-order valence-electron chi connectivity index (χ3n) is 2.89. The molecule has 0 aliphatic rings. The van der Waals surface area contributed by atoms with Gasteiger partial charge in [0, 0.05) is 6.07 Å². The van der Waals surface area contributed by atoms with Crippen molar-refractivity contribution in [1.82, 2.24) is 4.37 Å². The van der Waals surface area contributed by atoms with E-state index < -0.39 is 0 Å². The third kappa shape index (κ3) is 2.97. The Morgan fingerprint density at radius 2 is 1.85 bits per heavy atom. The molecular weight excluding hydrogens is 270 g/mol. The molecule has 0 radical (unpaired) electrons. The van der Waals surface area contributed by atoms with Gasteiger partial charge in [-0.2, -0.15) is 0 Å². The van der Waals surface area contributed by atoms with E-state index in [2.05, 4.69) is 4.37 Å². The first-order chi connectivity index (χ1) is 9.81. The van der Waals surface area contributed by atoms with Crippen molar-refractivity contribution in [3.05, 3.63) is 76.6 Å². The number of rotatable bonds is 4. The molecule has 0 aliphatic heterocycles. The van der Waals surface area contributed by atoms with Crippen molar-refractivity contribution in [3.8, 4) is 16.2 Å². The Bertz CT molecular complexity index is 746. The Labute approximate surface area is 120 Å². The molecule has 0 atom stereocenters. The van der Waals surface area contributed by atoms with Crippen LogP contribution in [0.2, 0.25) is 0 Å². The molecular formula is C16H13NO2S. The van der Waals surface area contributed by atoms with E-state index in [4.69, 9.17) is 4.74 Å². The molecule has 0 bridgehead atoms. The van der Waals surface area contributed by atoms with Gasteiger partial charge in [-0.25, -0.2) is 0 Å². The van der Waals surface area contributed by atoms with E-state index in [1.165, 1.54) is 11.5 Å². The van der Waals surface area contributed by atoms with Crippen LogP contribution in [0.5, 0.6) is 5.75 Å². The lowest BCUT2D eigenvalue weighted by Gasteiger charge is -2.07. The average Bonchev–Trinajstić information content (AvgIpc) is 2.93. The average molecular weight is 283 g/mol. The topological polar surface area (TPSA) is 42.1 Å². The van der Waals surface area contributed by atoms with E-state index in [-0.39, 0.29) is 5.56 Å². The van der Waals surface area contributed by atoms with Gasteiger partial charge in [-0.05, 0) is 23.3 Å². The smallest absolute Gasteiger partial charge is 0.258 e. The van der Waals surface area contributed by atoms with Gasteiger partial charge in [-0.3, -0.25) is 9.17 Å². The number of ether oxygens (including phenoxy) is 1. The van der Waals surface area contributed by atoms with Crippen LogP contribution in [0.25, 0.3) is 10.4 Å². The molecule has 3 aromatic rings. The zero-order valence-electron chi connectivity index (χ0n) is 10.7. The van der Waals surface area contributed by atoms with Crippen molar-refractivity contribution < 1.29 is 4.74 Å². The molecule has 1 N–H and O–H groups in total. The maximum Gasteiger partial charge on any atom is 0.258 e. The van der Waals surface area contributed by atoms with Gasteiger partial charge in [0.25, 0.3) is 5.56 Å². The van der Waals surface area contributed by atoms with Crippen LogP contribution in [0.1, 0.15) is 5.56 Å². The predicted octanol–water partition coefficient (Wildman–Crippen LogP) is 3.68. The number of nitrogens with one attached hydrogen (secondary N) is 1. The van der Waals surface area contributed by atoms with Crippen LogP contribution in [0.4, 0.5) is 0 Å². The van der Waals surface area contributed by atoms with Gasteiger partial charge in [0.1, 0.15) is 12.4 Å². The first-order valence-electron chi connectivity index (χ1n) is 6.27. The summed E-state index contributed by atoms with van der Waals surface area (Å²) < 4.78 is 8.47. The number of hydrogen-bond acceptors (Lipinski definition) is 3. The third-order valence-corrected chi connectivity index (χ3v) is 3.77. The molecule has 4 heteroatoms. The summed E-state index contributed by atoms with van der Waals surface area (Å²) in [6.07, 6.45) is 0. The Morgan fingerprint density at radius 1 is 1.00 bits per heavy atom. The zero-order chi connectivity index (χ0) is 13.8. The monoisotopic (exact) mass is 283 g/mol. The van der Waals surface area contributed by atoms with Crippen LogP contribution in [-0.2, 0) is 6.61 Å². The first kappa shape index (κ1) is 12.7. The summed E-state index contributed by atoms with van der Waals surface area (Å²) >= 11 is 1.33. The first-order valence-corrected chi connectivity index (χ1v) is 7.08. The number of benzene rings is 2. The van der Waals surface area contributed by atoms with Crippen molar-refractivity contribution in [2.75, 3.05) is 0 Å². The van der Waals surface area contributed by atoms with Gasteiger partial charge in [0.05, 0.1) is 4.88 Å². The lowest BCUT2D eigenvalue weighted by Crippen LogP contribution is -1.95. The second-order valence-electron chi connectivity index (χ2n) is 4.38. The molecule has 0 aliphatic carbocycles. The Kier molecular flexibility index (Phi) is 3.65. The second kappa shape index (κ2) is 5.75. The zero-order valence-corrected chi connectivity index (χ0v) is 11.5. The van der Waals surface area contributed by atoms with Crippen LogP contribution < -0.4 is 10.3 Å². The Morgan fingerprint density at radius 3 is 2.60 bits per heavy atom. The Hall–Kier alpha value is -2.33.